The van der Waals surface area contributed by atoms with Crippen LogP contribution in [-0.4, -0.2) is 26.3 Å². The van der Waals surface area contributed by atoms with Crippen molar-refractivity contribution < 1.29 is 17.9 Å². The molecule has 1 rings (SSSR count). The molecule has 0 bridgehead atoms. The number of nitrogens with one attached hydrogen (secondary N) is 1. The van der Waals surface area contributed by atoms with Crippen LogP contribution in [-0.2, 0) is 10.9 Å². The fourth-order valence-electron chi connectivity index (χ4n) is 1.57. The summed E-state index contributed by atoms with van der Waals surface area (Å²) in [4.78, 5) is 0. The van der Waals surface area contributed by atoms with Gasteiger partial charge in [-0.25, -0.2) is 0 Å². The number of benzene rings is 1. The van der Waals surface area contributed by atoms with E-state index in [9.17, 15) is 13.2 Å². The highest BCUT2D eigenvalue weighted by atomic mass is 19.4. The molecule has 0 saturated carbocycles. The summed E-state index contributed by atoms with van der Waals surface area (Å²) >= 11 is 0. The molecular formula is C12H17F3N2O. The standard InChI is InChI=1S/C12H17F3N2O/c1-18-8-9(16)6-7-17-11-5-3-2-4-10(11)12(13,14)15/h2-5,9,17H,6-8,16H2,1H3. The van der Waals surface area contributed by atoms with E-state index in [-0.39, 0.29) is 11.7 Å². The molecule has 0 aliphatic rings. The molecule has 0 spiro atoms. The van der Waals surface area contributed by atoms with Crippen molar-refractivity contribution in [1.82, 2.24) is 0 Å². The Kier molecular flexibility index (Phi) is 5.43. The lowest BCUT2D eigenvalue weighted by atomic mass is 10.1. The van der Waals surface area contributed by atoms with Gasteiger partial charge < -0.3 is 15.8 Å². The first-order valence-electron chi connectivity index (χ1n) is 5.59. The number of alkyl halides is 3. The summed E-state index contributed by atoms with van der Waals surface area (Å²) in [5, 5.41) is 2.75. The van der Waals surface area contributed by atoms with Crippen LogP contribution in [0.2, 0.25) is 0 Å². The van der Waals surface area contributed by atoms with Crippen LogP contribution in [0.3, 0.4) is 0 Å². The maximum atomic E-state index is 12.7. The van der Waals surface area contributed by atoms with E-state index in [1.807, 2.05) is 0 Å². The van der Waals surface area contributed by atoms with Crippen LogP contribution in [0.25, 0.3) is 0 Å². The van der Waals surface area contributed by atoms with Crippen molar-refractivity contribution in [2.75, 3.05) is 25.6 Å². The second kappa shape index (κ2) is 6.61. The van der Waals surface area contributed by atoms with Gasteiger partial charge in [-0.1, -0.05) is 12.1 Å². The lowest BCUT2D eigenvalue weighted by Gasteiger charge is -2.15. The summed E-state index contributed by atoms with van der Waals surface area (Å²) < 4.78 is 42.9. The van der Waals surface area contributed by atoms with Gasteiger partial charge in [-0.3, -0.25) is 0 Å². The Bertz CT molecular complexity index is 369. The molecule has 0 amide bonds. The lowest BCUT2D eigenvalue weighted by molar-refractivity contribution is -0.136. The summed E-state index contributed by atoms with van der Waals surface area (Å²) in [5.41, 5.74) is 5.10. The van der Waals surface area contributed by atoms with Gasteiger partial charge in [-0.2, -0.15) is 13.2 Å². The average Bonchev–Trinajstić information content (AvgIpc) is 2.28. The number of para-hydroxylation sites is 1. The normalized spacial score (nSPS) is 13.4. The van der Waals surface area contributed by atoms with Gasteiger partial charge in [0.25, 0.3) is 0 Å². The fourth-order valence-corrected chi connectivity index (χ4v) is 1.57. The first-order valence-corrected chi connectivity index (χ1v) is 5.59. The highest BCUT2D eigenvalue weighted by Gasteiger charge is 2.32. The fraction of sp³-hybridized carbons (Fsp3) is 0.500. The van der Waals surface area contributed by atoms with Crippen molar-refractivity contribution in [3.63, 3.8) is 0 Å². The van der Waals surface area contributed by atoms with E-state index < -0.39 is 11.7 Å². The zero-order valence-corrected chi connectivity index (χ0v) is 10.1. The summed E-state index contributed by atoms with van der Waals surface area (Å²) in [6.45, 7) is 0.764. The minimum Gasteiger partial charge on any atom is -0.384 e. The first kappa shape index (κ1) is 14.8. The summed E-state index contributed by atoms with van der Waals surface area (Å²) in [6, 6.07) is 5.21. The Morgan fingerprint density at radius 2 is 2.00 bits per heavy atom. The quantitative estimate of drug-likeness (QED) is 0.828. The van der Waals surface area contributed by atoms with Gasteiger partial charge >= 0.3 is 6.18 Å². The van der Waals surface area contributed by atoms with Gasteiger partial charge in [0, 0.05) is 25.4 Å². The number of ether oxygens (including phenoxy) is 1. The Morgan fingerprint density at radius 3 is 2.61 bits per heavy atom. The summed E-state index contributed by atoms with van der Waals surface area (Å²) in [6.07, 6.45) is -3.81. The van der Waals surface area contributed by atoms with Crippen molar-refractivity contribution in [2.45, 2.75) is 18.6 Å². The molecule has 0 aromatic heterocycles. The average molecular weight is 262 g/mol. The molecule has 1 unspecified atom stereocenters. The van der Waals surface area contributed by atoms with E-state index in [2.05, 4.69) is 5.32 Å². The van der Waals surface area contributed by atoms with Crippen LogP contribution in [0.5, 0.6) is 0 Å². The molecule has 3 nitrogen and oxygen atoms in total. The minimum absolute atomic E-state index is 0.0783. The van der Waals surface area contributed by atoms with Gasteiger partial charge in [0.05, 0.1) is 12.2 Å². The highest BCUT2D eigenvalue weighted by Crippen LogP contribution is 2.34. The van der Waals surface area contributed by atoms with E-state index in [0.29, 0.717) is 19.6 Å². The van der Waals surface area contributed by atoms with Gasteiger partial charge in [0.1, 0.15) is 0 Å². The van der Waals surface area contributed by atoms with Gasteiger partial charge in [-0.05, 0) is 18.6 Å². The number of halogens is 3. The van der Waals surface area contributed by atoms with Crippen molar-refractivity contribution >= 4 is 5.69 Å². The summed E-state index contributed by atoms with van der Waals surface area (Å²) in [7, 11) is 1.53. The molecule has 0 aliphatic heterocycles. The van der Waals surface area contributed by atoms with Crippen LogP contribution in [0, 0.1) is 0 Å². The molecule has 6 heteroatoms. The molecule has 0 radical (unpaired) electrons. The molecule has 0 heterocycles. The number of nitrogens with two attached hydrogens (primary N) is 1. The maximum absolute atomic E-state index is 12.7. The van der Waals surface area contributed by atoms with Gasteiger partial charge in [0.2, 0.25) is 0 Å². The topological polar surface area (TPSA) is 47.3 Å². The van der Waals surface area contributed by atoms with Gasteiger partial charge in [0.15, 0.2) is 0 Å². The van der Waals surface area contributed by atoms with E-state index in [4.69, 9.17) is 10.5 Å². The maximum Gasteiger partial charge on any atom is 0.418 e. The molecule has 0 saturated heterocycles. The zero-order chi connectivity index (χ0) is 13.6. The zero-order valence-electron chi connectivity index (χ0n) is 10.1. The molecule has 18 heavy (non-hydrogen) atoms. The molecule has 1 aromatic carbocycles. The second-order valence-electron chi connectivity index (χ2n) is 3.97. The monoisotopic (exact) mass is 262 g/mol. The number of rotatable bonds is 6. The van der Waals surface area contributed by atoms with Crippen molar-refractivity contribution in [3.05, 3.63) is 29.8 Å². The number of anilines is 1. The predicted molar refractivity (Wildman–Crippen MR) is 64.4 cm³/mol. The summed E-state index contributed by atoms with van der Waals surface area (Å²) in [5.74, 6) is 0. The number of methoxy groups -OCH3 is 1. The minimum atomic E-state index is -4.35. The van der Waals surface area contributed by atoms with Crippen molar-refractivity contribution in [3.8, 4) is 0 Å². The van der Waals surface area contributed by atoms with E-state index in [1.165, 1.54) is 19.2 Å². The first-order chi connectivity index (χ1) is 8.45. The van der Waals surface area contributed by atoms with E-state index in [1.54, 1.807) is 6.07 Å². The third-order valence-electron chi connectivity index (χ3n) is 2.44. The van der Waals surface area contributed by atoms with Crippen molar-refractivity contribution in [1.29, 1.82) is 0 Å². The van der Waals surface area contributed by atoms with E-state index >= 15 is 0 Å². The molecule has 3 N–H and O–H groups in total. The molecule has 1 atom stereocenters. The number of hydrogen-bond donors (Lipinski definition) is 2. The molecule has 102 valence electrons. The Hall–Kier alpha value is -1.27. The SMILES string of the molecule is COCC(N)CCNc1ccccc1C(F)(F)F. The molecule has 0 aliphatic carbocycles. The largest absolute Gasteiger partial charge is 0.418 e. The molecule has 1 aromatic rings. The van der Waals surface area contributed by atoms with Crippen LogP contribution < -0.4 is 11.1 Å². The Labute approximate surface area is 104 Å². The van der Waals surface area contributed by atoms with Crippen LogP contribution >= 0.6 is 0 Å². The van der Waals surface area contributed by atoms with E-state index in [0.717, 1.165) is 6.07 Å². The molecular weight excluding hydrogens is 245 g/mol. The number of hydrogen-bond acceptors (Lipinski definition) is 3. The Morgan fingerprint density at radius 1 is 1.33 bits per heavy atom. The smallest absolute Gasteiger partial charge is 0.384 e. The van der Waals surface area contributed by atoms with Crippen LogP contribution in [0.4, 0.5) is 18.9 Å². The van der Waals surface area contributed by atoms with Gasteiger partial charge in [-0.15, -0.1) is 0 Å². The Balaban J connectivity index is 2.57. The lowest BCUT2D eigenvalue weighted by Crippen LogP contribution is -2.28. The van der Waals surface area contributed by atoms with Crippen LogP contribution in [0.15, 0.2) is 24.3 Å². The van der Waals surface area contributed by atoms with Crippen molar-refractivity contribution in [2.24, 2.45) is 5.73 Å². The van der Waals surface area contributed by atoms with Crippen LogP contribution in [0.1, 0.15) is 12.0 Å². The highest BCUT2D eigenvalue weighted by molar-refractivity contribution is 5.52. The third-order valence-corrected chi connectivity index (χ3v) is 2.44. The molecule has 0 fully saturated rings. The second-order valence-corrected chi connectivity index (χ2v) is 3.97. The predicted octanol–water partition coefficient (Wildman–Crippen LogP) is 2.48. The third kappa shape index (κ3) is 4.54.